The molecule has 4 aromatic rings. The van der Waals surface area contributed by atoms with Crippen molar-refractivity contribution in [3.05, 3.63) is 66.2 Å². The lowest BCUT2D eigenvalue weighted by Crippen LogP contribution is -2.60. The molecule has 214 valence electrons. The lowest BCUT2D eigenvalue weighted by Gasteiger charge is -2.43. The van der Waals surface area contributed by atoms with Crippen LogP contribution in [-0.2, 0) is 29.0 Å². The van der Waals surface area contributed by atoms with Crippen molar-refractivity contribution in [3.8, 4) is 11.6 Å². The minimum atomic E-state index is -3.69. The molecule has 0 saturated heterocycles. The van der Waals surface area contributed by atoms with Gasteiger partial charge in [0, 0.05) is 48.9 Å². The number of ether oxygens (including phenoxy) is 2. The van der Waals surface area contributed by atoms with Crippen LogP contribution in [0.5, 0.6) is 11.6 Å². The van der Waals surface area contributed by atoms with Crippen molar-refractivity contribution >= 4 is 38.2 Å². The molecule has 3 N–H and O–H groups in total. The molecule has 12 heteroatoms. The van der Waals surface area contributed by atoms with E-state index in [1.165, 1.54) is 0 Å². The molecule has 6 rings (SSSR count). The van der Waals surface area contributed by atoms with E-state index in [9.17, 15) is 8.42 Å². The van der Waals surface area contributed by atoms with E-state index >= 15 is 0 Å². The highest BCUT2D eigenvalue weighted by Gasteiger charge is 2.58. The van der Waals surface area contributed by atoms with Gasteiger partial charge in [0.15, 0.2) is 15.7 Å². The number of amidine groups is 1. The fourth-order valence-electron chi connectivity index (χ4n) is 5.55. The lowest BCUT2D eigenvalue weighted by molar-refractivity contribution is 0.213. The number of benzene rings is 1. The summed E-state index contributed by atoms with van der Waals surface area (Å²) >= 11 is 0. The van der Waals surface area contributed by atoms with Crippen LogP contribution in [0.15, 0.2) is 60.1 Å². The first-order chi connectivity index (χ1) is 19.4. The van der Waals surface area contributed by atoms with Crippen LogP contribution in [0.3, 0.4) is 0 Å². The molecule has 3 atom stereocenters. The van der Waals surface area contributed by atoms with Crippen LogP contribution in [-0.4, -0.2) is 49.9 Å². The highest BCUT2D eigenvalue weighted by molar-refractivity contribution is 7.94. The number of hydrogen-bond acceptors (Lipinski definition) is 10. The summed E-state index contributed by atoms with van der Waals surface area (Å²) in [5, 5.41) is 2.52. The third kappa shape index (κ3) is 4.46. The number of aliphatic imine (C=N–C) groups is 1. The van der Waals surface area contributed by atoms with Crippen LogP contribution in [0.4, 0.5) is 11.5 Å². The zero-order valence-electron chi connectivity index (χ0n) is 23.6. The Kier molecular flexibility index (Phi) is 6.22. The van der Waals surface area contributed by atoms with Crippen molar-refractivity contribution in [2.45, 2.75) is 62.4 Å². The van der Waals surface area contributed by atoms with Gasteiger partial charge in [0.1, 0.15) is 34.0 Å². The van der Waals surface area contributed by atoms with Crippen LogP contribution in [0.1, 0.15) is 45.2 Å². The Morgan fingerprint density at radius 2 is 2.00 bits per heavy atom. The number of rotatable bonds is 5. The second-order valence-corrected chi connectivity index (χ2v) is 14.1. The highest BCUT2D eigenvalue weighted by Crippen LogP contribution is 2.49. The van der Waals surface area contributed by atoms with Crippen molar-refractivity contribution in [1.29, 1.82) is 0 Å². The maximum atomic E-state index is 13.8. The van der Waals surface area contributed by atoms with Gasteiger partial charge in [0.25, 0.3) is 0 Å². The summed E-state index contributed by atoms with van der Waals surface area (Å²) < 4.78 is 40.3. The quantitative estimate of drug-likeness (QED) is 0.360. The number of aromatic nitrogens is 4. The fraction of sp³-hybridized carbons (Fsp3) is 0.379. The third-order valence-electron chi connectivity index (χ3n) is 8.06. The average molecular weight is 576 g/mol. The first-order valence-electron chi connectivity index (χ1n) is 13.4. The number of nitrogens with zero attached hydrogens (tertiary/aromatic N) is 5. The minimum Gasteiger partial charge on any atom is -0.490 e. The van der Waals surface area contributed by atoms with Gasteiger partial charge in [-0.3, -0.25) is 4.99 Å². The Morgan fingerprint density at radius 3 is 2.76 bits per heavy atom. The van der Waals surface area contributed by atoms with Gasteiger partial charge in [-0.05, 0) is 58.0 Å². The molecule has 0 amide bonds. The SMILES string of the molecule is C[C@H]1C[C@@H]2[C@](C)(N=C(N)C(C)(C)S2(=O)=O)c2cc(Nc3nccc4nc(OCc5ccn(C)c5)cnc34)ccc2O1. The van der Waals surface area contributed by atoms with Gasteiger partial charge in [-0.1, -0.05) is 0 Å². The molecule has 0 bridgehead atoms. The Labute approximate surface area is 238 Å². The largest absolute Gasteiger partial charge is 0.490 e. The number of anilines is 2. The number of hydrogen-bond donors (Lipinski definition) is 2. The number of nitrogens with two attached hydrogens (primary N) is 1. The number of sulfone groups is 1. The minimum absolute atomic E-state index is 0.0893. The summed E-state index contributed by atoms with van der Waals surface area (Å²) in [5.41, 5.74) is 8.68. The van der Waals surface area contributed by atoms with Crippen molar-refractivity contribution in [1.82, 2.24) is 19.5 Å². The van der Waals surface area contributed by atoms with Crippen molar-refractivity contribution < 1.29 is 17.9 Å². The Bertz CT molecular complexity index is 1800. The lowest BCUT2D eigenvalue weighted by atomic mass is 9.85. The number of pyridine rings is 1. The maximum absolute atomic E-state index is 13.8. The molecule has 0 aliphatic carbocycles. The topological polar surface area (TPSA) is 147 Å². The second-order valence-electron chi connectivity index (χ2n) is 11.4. The van der Waals surface area contributed by atoms with Gasteiger partial charge in [-0.2, -0.15) is 0 Å². The molecule has 0 fully saturated rings. The van der Waals surface area contributed by atoms with E-state index in [0.717, 1.165) is 5.56 Å². The van der Waals surface area contributed by atoms with E-state index in [2.05, 4.69) is 20.3 Å². The molecule has 3 aromatic heterocycles. The van der Waals surface area contributed by atoms with E-state index in [1.54, 1.807) is 32.3 Å². The maximum Gasteiger partial charge on any atom is 0.233 e. The monoisotopic (exact) mass is 575 g/mol. The number of aryl methyl sites for hydroxylation is 1. The summed E-state index contributed by atoms with van der Waals surface area (Å²) in [7, 11) is -1.74. The number of nitrogens with one attached hydrogen (secondary N) is 1. The van der Waals surface area contributed by atoms with E-state index in [0.29, 0.717) is 52.8 Å². The van der Waals surface area contributed by atoms with Gasteiger partial charge in [-0.15, -0.1) is 0 Å². The number of fused-ring (bicyclic) bond motifs is 4. The van der Waals surface area contributed by atoms with Gasteiger partial charge in [0.05, 0.1) is 23.1 Å². The van der Waals surface area contributed by atoms with Gasteiger partial charge >= 0.3 is 0 Å². The molecule has 2 aliphatic rings. The normalized spacial score (nSPS) is 24.4. The fourth-order valence-corrected chi connectivity index (χ4v) is 7.91. The molecular weight excluding hydrogens is 542 g/mol. The van der Waals surface area contributed by atoms with Gasteiger partial charge in [0.2, 0.25) is 5.88 Å². The van der Waals surface area contributed by atoms with Gasteiger partial charge in [-0.25, -0.2) is 23.4 Å². The average Bonchev–Trinajstić information content (AvgIpc) is 3.30. The Morgan fingerprint density at radius 1 is 1.20 bits per heavy atom. The summed E-state index contributed by atoms with van der Waals surface area (Å²) in [6, 6.07) is 9.29. The van der Waals surface area contributed by atoms with Crippen molar-refractivity contribution in [2.75, 3.05) is 5.32 Å². The molecule has 0 saturated carbocycles. The first kappa shape index (κ1) is 27.0. The predicted octanol–water partition coefficient (Wildman–Crippen LogP) is 4.00. The molecule has 5 heterocycles. The van der Waals surface area contributed by atoms with E-state index in [1.807, 2.05) is 62.1 Å². The molecule has 2 aliphatic heterocycles. The standard InChI is InChI=1S/C29H33N7O4S/c1-17-12-23-29(4,35-27(30)28(2,3)41(23,37)38)20-13-19(6-7-22(20)40-17)33-26-25-21(8-10-31-26)34-24(14-32-25)39-16-18-9-11-36(5)15-18/h6-11,13-15,17,23H,12,16H2,1-5H3,(H2,30,35)(H,31,33)/t17-,23+,29+/m0/s1. The molecule has 1 aromatic carbocycles. The van der Waals surface area contributed by atoms with Crippen LogP contribution >= 0.6 is 0 Å². The van der Waals surface area contributed by atoms with Crippen molar-refractivity contribution in [2.24, 2.45) is 17.8 Å². The summed E-state index contributed by atoms with van der Waals surface area (Å²) in [4.78, 5) is 18.5. The molecule has 0 radical (unpaired) electrons. The van der Waals surface area contributed by atoms with E-state index in [-0.39, 0.29) is 11.9 Å². The Balaban J connectivity index is 1.35. The molecule has 0 spiro atoms. The van der Waals surface area contributed by atoms with Gasteiger partial charge < -0.3 is 25.1 Å². The zero-order chi connectivity index (χ0) is 29.2. The summed E-state index contributed by atoms with van der Waals surface area (Å²) in [5.74, 6) is 1.57. The van der Waals surface area contributed by atoms with Crippen LogP contribution < -0.4 is 20.5 Å². The van der Waals surface area contributed by atoms with E-state index in [4.69, 9.17) is 20.2 Å². The van der Waals surface area contributed by atoms with E-state index < -0.39 is 25.4 Å². The summed E-state index contributed by atoms with van der Waals surface area (Å²) in [6.07, 6.45) is 7.13. The highest BCUT2D eigenvalue weighted by atomic mass is 32.2. The molecule has 11 nitrogen and oxygen atoms in total. The third-order valence-corrected chi connectivity index (χ3v) is 11.1. The van der Waals surface area contributed by atoms with Crippen LogP contribution in [0.25, 0.3) is 11.0 Å². The van der Waals surface area contributed by atoms with Crippen LogP contribution in [0, 0.1) is 0 Å². The smallest absolute Gasteiger partial charge is 0.233 e. The molecular formula is C29H33N7O4S. The zero-order valence-corrected chi connectivity index (χ0v) is 24.4. The molecule has 0 unspecified atom stereocenters. The second kappa shape index (κ2) is 9.44. The molecule has 41 heavy (non-hydrogen) atoms. The van der Waals surface area contributed by atoms with Crippen molar-refractivity contribution in [3.63, 3.8) is 0 Å². The summed E-state index contributed by atoms with van der Waals surface area (Å²) in [6.45, 7) is 7.30. The predicted molar refractivity (Wildman–Crippen MR) is 157 cm³/mol. The van der Waals surface area contributed by atoms with Crippen LogP contribution in [0.2, 0.25) is 0 Å². The first-order valence-corrected chi connectivity index (χ1v) is 15.0. The Hall–Kier alpha value is -4.19.